The number of ether oxygens (including phenoxy) is 1. The number of hydrogen-bond donors (Lipinski definition) is 2. The minimum Gasteiger partial charge on any atom is -0.409 e. The summed E-state index contributed by atoms with van der Waals surface area (Å²) < 4.78 is 5.42. The second-order valence-electron chi connectivity index (χ2n) is 4.41. The number of nitrogens with two attached hydrogens (primary N) is 1. The molecule has 0 saturated carbocycles. The van der Waals surface area contributed by atoms with Crippen molar-refractivity contribution in [3.05, 3.63) is 27.9 Å². The Labute approximate surface area is 114 Å². The first-order valence-corrected chi connectivity index (χ1v) is 6.02. The fourth-order valence-electron chi connectivity index (χ4n) is 2.03. The van der Waals surface area contributed by atoms with E-state index in [1.165, 1.54) is 6.07 Å². The van der Waals surface area contributed by atoms with Gasteiger partial charge in [0.15, 0.2) is 11.5 Å². The average molecular weight is 281 g/mol. The summed E-state index contributed by atoms with van der Waals surface area (Å²) in [5.74, 6) is 0.146. The van der Waals surface area contributed by atoms with Crippen LogP contribution < -0.4 is 10.6 Å². The quantitative estimate of drug-likeness (QED) is 0.268. The van der Waals surface area contributed by atoms with Crippen LogP contribution in [0.25, 0.3) is 0 Å². The van der Waals surface area contributed by atoms with Crippen LogP contribution in [0.4, 0.5) is 11.5 Å². The second kappa shape index (κ2) is 5.70. The molecular weight excluding hydrogens is 266 g/mol. The number of amidine groups is 1. The van der Waals surface area contributed by atoms with Crippen molar-refractivity contribution in [2.45, 2.75) is 13.0 Å². The fraction of sp³-hybridized carbons (Fsp3) is 0.455. The van der Waals surface area contributed by atoms with E-state index in [2.05, 4.69) is 10.1 Å². The van der Waals surface area contributed by atoms with Crippen molar-refractivity contribution in [1.29, 1.82) is 0 Å². The average Bonchev–Trinajstić information content (AvgIpc) is 2.45. The van der Waals surface area contributed by atoms with E-state index in [0.29, 0.717) is 25.5 Å². The third-order valence-electron chi connectivity index (χ3n) is 2.97. The van der Waals surface area contributed by atoms with Gasteiger partial charge in [-0.2, -0.15) is 0 Å². The number of hydrogen-bond acceptors (Lipinski definition) is 7. The summed E-state index contributed by atoms with van der Waals surface area (Å²) in [4.78, 5) is 16.4. The van der Waals surface area contributed by atoms with Gasteiger partial charge in [0.2, 0.25) is 0 Å². The first kappa shape index (κ1) is 14.0. The predicted octanol–water partition coefficient (Wildman–Crippen LogP) is 0.309. The van der Waals surface area contributed by atoms with Gasteiger partial charge in [0.1, 0.15) is 5.82 Å². The van der Waals surface area contributed by atoms with E-state index in [9.17, 15) is 10.1 Å². The summed E-state index contributed by atoms with van der Waals surface area (Å²) in [6, 6.07) is 2.85. The molecule has 1 saturated heterocycles. The van der Waals surface area contributed by atoms with Crippen molar-refractivity contribution in [1.82, 2.24) is 4.98 Å². The molecule has 1 aliphatic heterocycles. The van der Waals surface area contributed by atoms with E-state index in [1.54, 1.807) is 6.07 Å². The molecule has 0 amide bonds. The molecule has 1 atom stereocenters. The summed E-state index contributed by atoms with van der Waals surface area (Å²) in [7, 11) is 0. The molecule has 0 bridgehead atoms. The molecular formula is C11H15N5O4. The van der Waals surface area contributed by atoms with Gasteiger partial charge in [0, 0.05) is 19.2 Å². The lowest BCUT2D eigenvalue weighted by atomic mass is 10.2. The van der Waals surface area contributed by atoms with Gasteiger partial charge in [0.25, 0.3) is 5.69 Å². The van der Waals surface area contributed by atoms with Gasteiger partial charge in [0.05, 0.1) is 17.6 Å². The van der Waals surface area contributed by atoms with Gasteiger partial charge in [-0.3, -0.25) is 10.1 Å². The Kier molecular flexibility index (Phi) is 3.99. The summed E-state index contributed by atoms with van der Waals surface area (Å²) in [6.45, 7) is 3.74. The summed E-state index contributed by atoms with van der Waals surface area (Å²) >= 11 is 0. The molecule has 108 valence electrons. The maximum absolute atomic E-state index is 10.9. The Bertz CT molecular complexity index is 548. The first-order chi connectivity index (χ1) is 9.52. The van der Waals surface area contributed by atoms with Crippen LogP contribution in [0.5, 0.6) is 0 Å². The van der Waals surface area contributed by atoms with Crippen molar-refractivity contribution >= 4 is 17.3 Å². The van der Waals surface area contributed by atoms with E-state index in [4.69, 9.17) is 15.7 Å². The van der Waals surface area contributed by atoms with Crippen molar-refractivity contribution in [2.24, 2.45) is 10.9 Å². The number of pyridine rings is 1. The van der Waals surface area contributed by atoms with Crippen molar-refractivity contribution < 1.29 is 14.9 Å². The number of morpholine rings is 1. The number of rotatable bonds is 3. The van der Waals surface area contributed by atoms with Crippen LogP contribution in [0.15, 0.2) is 17.3 Å². The highest BCUT2D eigenvalue weighted by molar-refractivity contribution is 5.99. The molecule has 0 radical (unpaired) electrons. The Morgan fingerprint density at radius 1 is 1.70 bits per heavy atom. The number of nitro groups is 1. The molecule has 2 heterocycles. The molecule has 1 aromatic heterocycles. The molecule has 20 heavy (non-hydrogen) atoms. The largest absolute Gasteiger partial charge is 0.409 e. The van der Waals surface area contributed by atoms with E-state index in [-0.39, 0.29) is 23.3 Å². The van der Waals surface area contributed by atoms with Crippen LogP contribution in [0.1, 0.15) is 12.6 Å². The van der Waals surface area contributed by atoms with Gasteiger partial charge in [-0.05, 0) is 13.0 Å². The van der Waals surface area contributed by atoms with E-state index in [0.717, 1.165) is 0 Å². The maximum Gasteiger partial charge on any atom is 0.298 e. The number of nitrogens with zero attached hydrogens (tertiary/aromatic N) is 4. The normalized spacial score (nSPS) is 19.9. The molecule has 3 N–H and O–H groups in total. The summed E-state index contributed by atoms with van der Waals surface area (Å²) in [5, 5.41) is 22.4. The molecule has 0 aliphatic carbocycles. The van der Waals surface area contributed by atoms with Crippen LogP contribution in [0.2, 0.25) is 0 Å². The van der Waals surface area contributed by atoms with Gasteiger partial charge in [-0.25, -0.2) is 4.98 Å². The van der Waals surface area contributed by atoms with Crippen LogP contribution in [0, 0.1) is 10.1 Å². The van der Waals surface area contributed by atoms with E-state index in [1.807, 2.05) is 11.8 Å². The molecule has 9 nitrogen and oxygen atoms in total. The third kappa shape index (κ3) is 2.77. The number of oxime groups is 1. The van der Waals surface area contributed by atoms with Crippen LogP contribution in [-0.4, -0.2) is 46.8 Å². The highest BCUT2D eigenvalue weighted by Gasteiger charge is 2.23. The van der Waals surface area contributed by atoms with Gasteiger partial charge >= 0.3 is 0 Å². The summed E-state index contributed by atoms with van der Waals surface area (Å²) in [6.07, 6.45) is 0.0491. The Balaban J connectivity index is 2.39. The van der Waals surface area contributed by atoms with Gasteiger partial charge in [-0.15, -0.1) is 0 Å². The minimum absolute atomic E-state index is 0.0491. The molecule has 1 aliphatic rings. The Morgan fingerprint density at radius 2 is 2.45 bits per heavy atom. The zero-order valence-electron chi connectivity index (χ0n) is 10.9. The number of aromatic nitrogens is 1. The second-order valence-corrected chi connectivity index (χ2v) is 4.41. The molecule has 9 heteroatoms. The Hall–Kier alpha value is -2.42. The summed E-state index contributed by atoms with van der Waals surface area (Å²) in [5.41, 5.74) is 5.00. The van der Waals surface area contributed by atoms with Crippen LogP contribution in [-0.2, 0) is 4.74 Å². The highest BCUT2D eigenvalue weighted by Crippen LogP contribution is 2.22. The lowest BCUT2D eigenvalue weighted by molar-refractivity contribution is -0.385. The standard InChI is InChI=1S/C11H15N5O4/c1-7-6-15(4-5-20-7)9-3-2-8(16(18)19)10(13-9)11(12)14-17/h2-3,7,17H,4-6H2,1H3,(H2,12,14). The lowest BCUT2D eigenvalue weighted by Crippen LogP contribution is -2.41. The van der Waals surface area contributed by atoms with E-state index >= 15 is 0 Å². The fourth-order valence-corrected chi connectivity index (χ4v) is 2.03. The lowest BCUT2D eigenvalue weighted by Gasteiger charge is -2.32. The Morgan fingerprint density at radius 3 is 3.05 bits per heavy atom. The smallest absolute Gasteiger partial charge is 0.298 e. The van der Waals surface area contributed by atoms with Crippen molar-refractivity contribution in [2.75, 3.05) is 24.6 Å². The molecule has 1 unspecified atom stereocenters. The zero-order valence-corrected chi connectivity index (χ0v) is 10.9. The molecule has 0 spiro atoms. The van der Waals surface area contributed by atoms with Gasteiger partial charge in [-0.1, -0.05) is 5.16 Å². The highest BCUT2D eigenvalue weighted by atomic mass is 16.6. The molecule has 2 rings (SSSR count). The first-order valence-electron chi connectivity index (χ1n) is 6.02. The van der Waals surface area contributed by atoms with Crippen molar-refractivity contribution in [3.8, 4) is 0 Å². The van der Waals surface area contributed by atoms with Crippen LogP contribution in [0.3, 0.4) is 0 Å². The predicted molar refractivity (Wildman–Crippen MR) is 71.0 cm³/mol. The maximum atomic E-state index is 10.9. The third-order valence-corrected chi connectivity index (χ3v) is 2.97. The van der Waals surface area contributed by atoms with Gasteiger partial charge < -0.3 is 20.6 Å². The minimum atomic E-state index is -0.619. The monoisotopic (exact) mass is 281 g/mol. The zero-order chi connectivity index (χ0) is 14.7. The SMILES string of the molecule is CC1CN(c2ccc([N+](=O)[O-])c(/C(N)=N/O)n2)CCO1. The van der Waals surface area contributed by atoms with Crippen LogP contribution >= 0.6 is 0 Å². The molecule has 1 fully saturated rings. The number of anilines is 1. The van der Waals surface area contributed by atoms with Crippen molar-refractivity contribution in [3.63, 3.8) is 0 Å². The molecule has 1 aromatic rings. The molecule has 0 aromatic carbocycles. The topological polar surface area (TPSA) is 127 Å². The van der Waals surface area contributed by atoms with E-state index < -0.39 is 4.92 Å².